The van der Waals surface area contributed by atoms with E-state index >= 15 is 0 Å². The molecular formula is C28H30N2O2. The number of fused-ring (bicyclic) bond motifs is 1. The van der Waals surface area contributed by atoms with Crippen molar-refractivity contribution < 1.29 is 9.53 Å². The molecule has 0 spiro atoms. The van der Waals surface area contributed by atoms with Gasteiger partial charge in [0, 0.05) is 19.0 Å². The highest BCUT2D eigenvalue weighted by molar-refractivity contribution is 5.92. The summed E-state index contributed by atoms with van der Waals surface area (Å²) in [6, 6.07) is 26.8. The molecule has 164 valence electrons. The summed E-state index contributed by atoms with van der Waals surface area (Å²) in [5.74, 6) is 0.746. The largest absolute Gasteiger partial charge is 0.493 e. The minimum Gasteiger partial charge on any atom is -0.493 e. The van der Waals surface area contributed by atoms with Crippen molar-refractivity contribution in [3.05, 3.63) is 101 Å². The van der Waals surface area contributed by atoms with Gasteiger partial charge in [-0.2, -0.15) is 0 Å². The van der Waals surface area contributed by atoms with Crippen LogP contribution in [-0.2, 0) is 23.1 Å². The lowest BCUT2D eigenvalue weighted by molar-refractivity contribution is -0.124. The number of nitrogens with zero attached hydrogens (tertiary/aromatic N) is 1. The van der Waals surface area contributed by atoms with Crippen LogP contribution >= 0.6 is 0 Å². The fraction of sp³-hybridized carbons (Fsp3) is 0.321. The number of carbonyl (C=O) groups is 1. The highest BCUT2D eigenvalue weighted by Gasteiger charge is 2.51. The molecule has 0 bridgehead atoms. The number of rotatable bonds is 7. The van der Waals surface area contributed by atoms with Crippen LogP contribution in [-0.4, -0.2) is 36.5 Å². The Kier molecular flexibility index (Phi) is 5.71. The van der Waals surface area contributed by atoms with Crippen LogP contribution in [0.4, 0.5) is 0 Å². The first-order valence-corrected chi connectivity index (χ1v) is 11.6. The van der Waals surface area contributed by atoms with Gasteiger partial charge in [-0.1, -0.05) is 72.8 Å². The maximum absolute atomic E-state index is 13.3. The Hall–Kier alpha value is -3.11. The Balaban J connectivity index is 1.49. The van der Waals surface area contributed by atoms with E-state index in [1.807, 2.05) is 36.4 Å². The molecule has 0 unspecified atom stereocenters. The third-order valence-corrected chi connectivity index (χ3v) is 7.15. The van der Waals surface area contributed by atoms with E-state index < -0.39 is 5.41 Å². The molecule has 1 amide bonds. The number of ether oxygens (including phenoxy) is 1. The van der Waals surface area contributed by atoms with Gasteiger partial charge in [0.15, 0.2) is 0 Å². The van der Waals surface area contributed by atoms with Crippen molar-refractivity contribution in [1.82, 2.24) is 4.90 Å². The van der Waals surface area contributed by atoms with Gasteiger partial charge in [-0.05, 0) is 54.1 Å². The molecule has 5 rings (SSSR count). The smallest absolute Gasteiger partial charge is 0.234 e. The molecule has 0 radical (unpaired) electrons. The van der Waals surface area contributed by atoms with E-state index in [1.165, 1.54) is 11.1 Å². The molecule has 1 fully saturated rings. The molecule has 0 saturated carbocycles. The minimum atomic E-state index is -0.870. The van der Waals surface area contributed by atoms with Crippen LogP contribution in [0.25, 0.3) is 0 Å². The number of amides is 1. The van der Waals surface area contributed by atoms with Crippen LogP contribution in [0, 0.1) is 0 Å². The molecule has 2 heterocycles. The van der Waals surface area contributed by atoms with E-state index in [1.54, 1.807) is 0 Å². The van der Waals surface area contributed by atoms with E-state index in [-0.39, 0.29) is 11.9 Å². The van der Waals surface area contributed by atoms with Crippen LogP contribution in [0.15, 0.2) is 78.9 Å². The Morgan fingerprint density at radius 1 is 1.00 bits per heavy atom. The lowest BCUT2D eigenvalue weighted by Gasteiger charge is -2.42. The molecule has 1 saturated heterocycles. The molecule has 3 aromatic carbocycles. The summed E-state index contributed by atoms with van der Waals surface area (Å²) in [5, 5.41) is 0. The Morgan fingerprint density at radius 2 is 1.69 bits per heavy atom. The molecule has 32 heavy (non-hydrogen) atoms. The summed E-state index contributed by atoms with van der Waals surface area (Å²) in [6.45, 7) is 2.66. The summed E-state index contributed by atoms with van der Waals surface area (Å²) in [5.41, 5.74) is 9.98. The molecule has 3 aromatic rings. The molecule has 4 heteroatoms. The zero-order valence-corrected chi connectivity index (χ0v) is 18.4. The van der Waals surface area contributed by atoms with Crippen LogP contribution in [0.1, 0.15) is 35.1 Å². The van der Waals surface area contributed by atoms with Gasteiger partial charge >= 0.3 is 0 Å². The third-order valence-electron chi connectivity index (χ3n) is 7.15. The Labute approximate surface area is 190 Å². The second-order valence-corrected chi connectivity index (χ2v) is 8.89. The van der Waals surface area contributed by atoms with Crippen molar-refractivity contribution in [3.63, 3.8) is 0 Å². The zero-order chi connectivity index (χ0) is 22.0. The average Bonchev–Trinajstić information content (AvgIpc) is 3.49. The van der Waals surface area contributed by atoms with Crippen molar-refractivity contribution in [3.8, 4) is 5.75 Å². The number of hydrogen-bond donors (Lipinski definition) is 1. The number of likely N-dealkylation sites (tertiary alicyclic amines) is 1. The predicted molar refractivity (Wildman–Crippen MR) is 127 cm³/mol. The van der Waals surface area contributed by atoms with Gasteiger partial charge in [0.05, 0.1) is 6.61 Å². The number of primary amides is 1. The normalized spacial score (nSPS) is 18.3. The van der Waals surface area contributed by atoms with E-state index in [0.29, 0.717) is 0 Å². The summed E-state index contributed by atoms with van der Waals surface area (Å²) < 4.78 is 5.66. The topological polar surface area (TPSA) is 55.6 Å². The molecular weight excluding hydrogens is 396 g/mol. The molecule has 0 aromatic heterocycles. The van der Waals surface area contributed by atoms with Crippen molar-refractivity contribution >= 4 is 5.91 Å². The van der Waals surface area contributed by atoms with E-state index in [2.05, 4.69) is 47.4 Å². The molecule has 2 aliphatic rings. The average molecular weight is 427 g/mol. The van der Waals surface area contributed by atoms with Gasteiger partial charge in [-0.25, -0.2) is 0 Å². The first-order valence-electron chi connectivity index (χ1n) is 11.6. The van der Waals surface area contributed by atoms with Gasteiger partial charge in [-0.15, -0.1) is 0 Å². The monoisotopic (exact) mass is 426 g/mol. The number of benzene rings is 3. The zero-order valence-electron chi connectivity index (χ0n) is 18.4. The molecule has 2 N–H and O–H groups in total. The standard InChI is InChI=1S/C28H30N2O2/c29-27(31)28(23-8-3-1-4-9-23,24-10-5-2-6-11-24)26-12-7-17-30(26)18-15-21-13-14-25-22(20-21)16-19-32-25/h1-6,8-11,13-14,20,26H,7,12,15-19H2,(H2,29,31)/t26-/m1/s1. The minimum absolute atomic E-state index is 0.0301. The fourth-order valence-corrected chi connectivity index (χ4v) is 5.65. The van der Waals surface area contributed by atoms with Crippen molar-refractivity contribution in [2.75, 3.05) is 19.7 Å². The van der Waals surface area contributed by atoms with Gasteiger partial charge in [-0.3, -0.25) is 9.69 Å². The second-order valence-electron chi connectivity index (χ2n) is 8.89. The molecule has 1 atom stereocenters. The van der Waals surface area contributed by atoms with Crippen molar-refractivity contribution in [1.29, 1.82) is 0 Å². The summed E-state index contributed by atoms with van der Waals surface area (Å²) in [7, 11) is 0. The number of nitrogens with two attached hydrogens (primary N) is 1. The van der Waals surface area contributed by atoms with Gasteiger partial charge in [0.1, 0.15) is 11.2 Å². The van der Waals surface area contributed by atoms with E-state index in [4.69, 9.17) is 10.5 Å². The van der Waals surface area contributed by atoms with Crippen molar-refractivity contribution in [2.24, 2.45) is 5.73 Å². The Bertz CT molecular complexity index is 1040. The highest BCUT2D eigenvalue weighted by atomic mass is 16.5. The maximum Gasteiger partial charge on any atom is 0.234 e. The lowest BCUT2D eigenvalue weighted by Crippen LogP contribution is -2.56. The van der Waals surface area contributed by atoms with Crippen LogP contribution in [0.2, 0.25) is 0 Å². The maximum atomic E-state index is 13.3. The van der Waals surface area contributed by atoms with E-state index in [0.717, 1.165) is 62.3 Å². The first-order chi connectivity index (χ1) is 15.7. The third kappa shape index (κ3) is 3.59. The predicted octanol–water partition coefficient (Wildman–Crippen LogP) is 4.10. The molecule has 2 aliphatic heterocycles. The SMILES string of the molecule is NC(=O)C(c1ccccc1)(c1ccccc1)[C@H]1CCCN1CCc1ccc2c(c1)CCO2. The van der Waals surface area contributed by atoms with Gasteiger partial charge < -0.3 is 10.5 Å². The van der Waals surface area contributed by atoms with Gasteiger partial charge in [0.2, 0.25) is 5.91 Å². The molecule has 0 aliphatic carbocycles. The number of carbonyl (C=O) groups excluding carboxylic acids is 1. The Morgan fingerprint density at radius 3 is 2.34 bits per heavy atom. The summed E-state index contributed by atoms with van der Waals surface area (Å²) in [6.07, 6.45) is 3.95. The van der Waals surface area contributed by atoms with Crippen LogP contribution < -0.4 is 10.5 Å². The van der Waals surface area contributed by atoms with E-state index in [9.17, 15) is 4.79 Å². The number of hydrogen-bond acceptors (Lipinski definition) is 3. The van der Waals surface area contributed by atoms with Crippen LogP contribution in [0.5, 0.6) is 5.75 Å². The summed E-state index contributed by atoms with van der Waals surface area (Å²) >= 11 is 0. The summed E-state index contributed by atoms with van der Waals surface area (Å²) in [4.78, 5) is 15.8. The first kappa shape index (κ1) is 20.8. The fourth-order valence-electron chi connectivity index (χ4n) is 5.65. The quantitative estimate of drug-likeness (QED) is 0.619. The highest BCUT2D eigenvalue weighted by Crippen LogP contribution is 2.42. The molecule has 4 nitrogen and oxygen atoms in total. The van der Waals surface area contributed by atoms with Gasteiger partial charge in [0.25, 0.3) is 0 Å². The lowest BCUT2D eigenvalue weighted by atomic mass is 9.67. The van der Waals surface area contributed by atoms with Crippen LogP contribution in [0.3, 0.4) is 0 Å². The second kappa shape index (κ2) is 8.79. The van der Waals surface area contributed by atoms with Crippen molar-refractivity contribution in [2.45, 2.75) is 37.1 Å².